The summed E-state index contributed by atoms with van der Waals surface area (Å²) < 4.78 is 5.20. The summed E-state index contributed by atoms with van der Waals surface area (Å²) in [4.78, 5) is 13.2. The number of morpholine rings is 1. The maximum atomic E-state index is 10.9. The number of hydrogen-bond acceptors (Lipinski definition) is 3. The van der Waals surface area contributed by atoms with Gasteiger partial charge in [-0.25, -0.2) is 0 Å². The predicted octanol–water partition coefficient (Wildman–Crippen LogP) is 1.25. The molecule has 0 aromatic rings. The van der Waals surface area contributed by atoms with Crippen LogP contribution in [-0.2, 0) is 9.53 Å². The summed E-state index contributed by atoms with van der Waals surface area (Å²) in [5.74, 6) is 0.279. The van der Waals surface area contributed by atoms with E-state index in [1.807, 2.05) is 0 Å². The molecule has 1 aliphatic rings. The lowest BCUT2D eigenvalue weighted by Gasteiger charge is -2.25. The monoisotopic (exact) mass is 315 g/mol. The molecule has 0 atom stereocenters. The van der Waals surface area contributed by atoms with Gasteiger partial charge in [-0.1, -0.05) is 15.9 Å². The smallest absolute Gasteiger partial charge is 0.144 e. The number of nitrogens with zero attached hydrogens (tertiary/aromatic N) is 1. The van der Waals surface area contributed by atoms with Crippen LogP contribution in [0.4, 0.5) is 0 Å². The van der Waals surface area contributed by atoms with E-state index in [4.69, 9.17) is 4.74 Å². The Kier molecular flexibility index (Phi) is 8.24. The number of alkyl halides is 1. The van der Waals surface area contributed by atoms with Crippen LogP contribution in [-0.4, -0.2) is 48.9 Å². The highest BCUT2D eigenvalue weighted by Crippen LogP contribution is 1.99. The quantitative estimate of drug-likeness (QED) is 0.731. The van der Waals surface area contributed by atoms with Crippen LogP contribution in [0.3, 0.4) is 0 Å². The van der Waals surface area contributed by atoms with E-state index in [2.05, 4.69) is 20.8 Å². The van der Waals surface area contributed by atoms with Gasteiger partial charge in [0.15, 0.2) is 0 Å². The molecule has 1 aliphatic heterocycles. The topological polar surface area (TPSA) is 29.5 Å². The van der Waals surface area contributed by atoms with Gasteiger partial charge in [-0.2, -0.15) is 0 Å². The van der Waals surface area contributed by atoms with Crippen molar-refractivity contribution in [3.8, 4) is 0 Å². The van der Waals surface area contributed by atoms with Gasteiger partial charge < -0.3 is 4.74 Å². The van der Waals surface area contributed by atoms with Crippen molar-refractivity contribution in [3.05, 3.63) is 0 Å². The Hall–Kier alpha value is 0.550. The number of rotatable bonds is 4. The predicted molar refractivity (Wildman–Crippen MR) is 61.0 cm³/mol. The molecule has 0 amide bonds. The third-order valence-electron chi connectivity index (χ3n) is 1.96. The standard InChI is InChI=1S/C8H14BrNO2.BrH/c9-7-8(11)1-2-10-3-5-12-6-4-10;/h1-7H2;1H. The van der Waals surface area contributed by atoms with Gasteiger partial charge >= 0.3 is 0 Å². The van der Waals surface area contributed by atoms with Gasteiger partial charge in [0.05, 0.1) is 18.5 Å². The number of carbonyl (C=O) groups excluding carboxylic acids is 1. The van der Waals surface area contributed by atoms with Crippen LogP contribution in [0.1, 0.15) is 6.42 Å². The highest BCUT2D eigenvalue weighted by molar-refractivity contribution is 9.09. The third-order valence-corrected chi connectivity index (χ3v) is 2.59. The van der Waals surface area contributed by atoms with Gasteiger partial charge in [-0.3, -0.25) is 9.69 Å². The van der Waals surface area contributed by atoms with Gasteiger partial charge in [0, 0.05) is 26.1 Å². The van der Waals surface area contributed by atoms with Crippen molar-refractivity contribution in [1.82, 2.24) is 4.90 Å². The fourth-order valence-corrected chi connectivity index (χ4v) is 1.45. The van der Waals surface area contributed by atoms with Gasteiger partial charge in [0.25, 0.3) is 0 Å². The highest BCUT2D eigenvalue weighted by Gasteiger charge is 2.10. The maximum absolute atomic E-state index is 10.9. The number of Topliss-reactive ketones (excluding diaryl/α,β-unsaturated/α-hetero) is 1. The van der Waals surface area contributed by atoms with Crippen molar-refractivity contribution < 1.29 is 9.53 Å². The van der Waals surface area contributed by atoms with Crippen LogP contribution in [0.5, 0.6) is 0 Å². The van der Waals surface area contributed by atoms with Crippen molar-refractivity contribution in [1.29, 1.82) is 0 Å². The van der Waals surface area contributed by atoms with Crippen molar-refractivity contribution in [2.75, 3.05) is 38.2 Å². The van der Waals surface area contributed by atoms with Gasteiger partial charge in [-0.15, -0.1) is 17.0 Å². The molecule has 0 aromatic heterocycles. The Morgan fingerprint density at radius 2 is 2.00 bits per heavy atom. The lowest BCUT2D eigenvalue weighted by Crippen LogP contribution is -2.37. The molecule has 5 heteroatoms. The third kappa shape index (κ3) is 5.78. The van der Waals surface area contributed by atoms with Gasteiger partial charge in [0.1, 0.15) is 5.78 Å². The van der Waals surface area contributed by atoms with Crippen molar-refractivity contribution in [2.24, 2.45) is 0 Å². The molecule has 0 unspecified atom stereocenters. The van der Waals surface area contributed by atoms with E-state index in [0.29, 0.717) is 11.8 Å². The fourth-order valence-electron chi connectivity index (χ4n) is 1.17. The van der Waals surface area contributed by atoms with E-state index in [1.54, 1.807) is 0 Å². The first-order chi connectivity index (χ1) is 5.83. The summed E-state index contributed by atoms with van der Waals surface area (Å²) >= 11 is 3.15. The van der Waals surface area contributed by atoms with E-state index < -0.39 is 0 Å². The normalized spacial score (nSPS) is 17.9. The molecule has 1 saturated heterocycles. The molecule has 3 nitrogen and oxygen atoms in total. The minimum Gasteiger partial charge on any atom is -0.379 e. The molecule has 0 saturated carbocycles. The van der Waals surface area contributed by atoms with E-state index in [1.165, 1.54) is 0 Å². The first-order valence-electron chi connectivity index (χ1n) is 4.20. The lowest BCUT2D eigenvalue weighted by molar-refractivity contribution is -0.117. The van der Waals surface area contributed by atoms with Crippen LogP contribution in [0, 0.1) is 0 Å². The molecule has 0 aromatic carbocycles. The van der Waals surface area contributed by atoms with Crippen LogP contribution < -0.4 is 0 Å². The second kappa shape index (κ2) is 7.91. The van der Waals surface area contributed by atoms with Crippen molar-refractivity contribution in [3.63, 3.8) is 0 Å². The van der Waals surface area contributed by atoms with Crippen LogP contribution in [0.15, 0.2) is 0 Å². The first-order valence-corrected chi connectivity index (χ1v) is 5.33. The van der Waals surface area contributed by atoms with Crippen molar-refractivity contribution >= 4 is 38.7 Å². The minimum absolute atomic E-state index is 0. The zero-order chi connectivity index (χ0) is 8.81. The molecule has 0 aliphatic carbocycles. The summed E-state index contributed by atoms with van der Waals surface area (Å²) in [7, 11) is 0. The first kappa shape index (κ1) is 13.5. The summed E-state index contributed by atoms with van der Waals surface area (Å²) in [6.45, 7) is 4.43. The van der Waals surface area contributed by atoms with Gasteiger partial charge in [-0.05, 0) is 0 Å². The average molecular weight is 317 g/mol. The number of ether oxygens (including phenoxy) is 1. The van der Waals surface area contributed by atoms with E-state index in [-0.39, 0.29) is 22.8 Å². The number of carbonyl (C=O) groups is 1. The number of ketones is 1. The van der Waals surface area contributed by atoms with E-state index in [9.17, 15) is 4.79 Å². The summed E-state index contributed by atoms with van der Waals surface area (Å²) in [6.07, 6.45) is 0.658. The number of halogens is 2. The molecular formula is C8H15Br2NO2. The SMILES string of the molecule is Br.O=C(CBr)CCN1CCOCC1. The Morgan fingerprint density at radius 3 is 2.54 bits per heavy atom. The molecular weight excluding hydrogens is 302 g/mol. The Labute approximate surface area is 97.7 Å². The minimum atomic E-state index is 0. The zero-order valence-electron chi connectivity index (χ0n) is 7.50. The lowest BCUT2D eigenvalue weighted by atomic mass is 10.3. The molecule has 0 N–H and O–H groups in total. The molecule has 1 fully saturated rings. The molecule has 1 rings (SSSR count). The summed E-state index contributed by atoms with van der Waals surface area (Å²) in [5.41, 5.74) is 0. The van der Waals surface area contributed by atoms with Gasteiger partial charge in [0.2, 0.25) is 0 Å². The second-order valence-corrected chi connectivity index (χ2v) is 3.44. The van der Waals surface area contributed by atoms with Crippen LogP contribution in [0.2, 0.25) is 0 Å². The second-order valence-electron chi connectivity index (χ2n) is 2.88. The van der Waals surface area contributed by atoms with E-state index in [0.717, 1.165) is 32.8 Å². The molecule has 0 radical (unpaired) electrons. The summed E-state index contributed by atoms with van der Waals surface area (Å²) in [6, 6.07) is 0. The fraction of sp³-hybridized carbons (Fsp3) is 0.875. The summed E-state index contributed by atoms with van der Waals surface area (Å²) in [5, 5.41) is 0.483. The Morgan fingerprint density at radius 1 is 1.38 bits per heavy atom. The van der Waals surface area contributed by atoms with Crippen molar-refractivity contribution in [2.45, 2.75) is 6.42 Å². The Bertz CT molecular complexity index is 149. The average Bonchev–Trinajstić information content (AvgIpc) is 2.16. The molecule has 0 bridgehead atoms. The van der Waals surface area contributed by atoms with E-state index >= 15 is 0 Å². The largest absolute Gasteiger partial charge is 0.379 e. The zero-order valence-corrected chi connectivity index (χ0v) is 10.8. The molecule has 78 valence electrons. The van der Waals surface area contributed by atoms with Crippen LogP contribution >= 0.6 is 32.9 Å². The van der Waals surface area contributed by atoms with Crippen LogP contribution in [0.25, 0.3) is 0 Å². The number of hydrogen-bond donors (Lipinski definition) is 0. The molecule has 1 heterocycles. The highest BCUT2D eigenvalue weighted by atomic mass is 79.9. The Balaban J connectivity index is 0.00000144. The molecule has 13 heavy (non-hydrogen) atoms. The maximum Gasteiger partial charge on any atom is 0.144 e. The molecule has 0 spiro atoms.